The number of nitrogens with one attached hydrogen (secondary N) is 1. The lowest BCUT2D eigenvalue weighted by atomic mass is 9.91. The van der Waals surface area contributed by atoms with Crippen molar-refractivity contribution >= 4 is 11.7 Å². The van der Waals surface area contributed by atoms with Gasteiger partial charge in [-0.05, 0) is 32.1 Å². The molecular formula is C10H19N3O2. The highest BCUT2D eigenvalue weighted by molar-refractivity contribution is 6.05. The van der Waals surface area contributed by atoms with Crippen LogP contribution in [0.5, 0.6) is 0 Å². The third-order valence-electron chi connectivity index (χ3n) is 3.12. The largest absolute Gasteiger partial charge is 0.409 e. The average molecular weight is 213 g/mol. The summed E-state index contributed by atoms with van der Waals surface area (Å²) < 4.78 is 0. The molecule has 0 radical (unpaired) electrons. The second-order valence-electron chi connectivity index (χ2n) is 4.79. The summed E-state index contributed by atoms with van der Waals surface area (Å²) >= 11 is 0. The van der Waals surface area contributed by atoms with E-state index in [9.17, 15) is 4.79 Å². The molecule has 1 amide bonds. The Morgan fingerprint density at radius 1 is 1.67 bits per heavy atom. The van der Waals surface area contributed by atoms with Crippen LogP contribution >= 0.6 is 0 Å². The number of hydrogen-bond donors (Lipinski definition) is 3. The summed E-state index contributed by atoms with van der Waals surface area (Å²) in [5, 5.41) is 14.2. The smallest absolute Gasteiger partial charge is 0.233 e. The molecule has 1 aliphatic carbocycles. The van der Waals surface area contributed by atoms with Gasteiger partial charge < -0.3 is 16.3 Å². The summed E-state index contributed by atoms with van der Waals surface area (Å²) in [5.74, 6) is 1.04. The molecule has 15 heavy (non-hydrogen) atoms. The SMILES string of the molecule is CC1CC1CNC(=O)C(C)(C)C(N)=NO. The van der Waals surface area contributed by atoms with Crippen LogP contribution in [0.1, 0.15) is 27.2 Å². The summed E-state index contributed by atoms with van der Waals surface area (Å²) in [6.07, 6.45) is 1.17. The molecule has 0 aromatic heterocycles. The number of carbonyl (C=O) groups excluding carboxylic acids is 1. The lowest BCUT2D eigenvalue weighted by Crippen LogP contribution is -2.46. The van der Waals surface area contributed by atoms with Crippen LogP contribution in [0, 0.1) is 17.3 Å². The van der Waals surface area contributed by atoms with E-state index < -0.39 is 5.41 Å². The van der Waals surface area contributed by atoms with Crippen molar-refractivity contribution in [3.05, 3.63) is 0 Å². The Morgan fingerprint density at radius 2 is 2.20 bits per heavy atom. The lowest BCUT2D eigenvalue weighted by molar-refractivity contribution is -0.126. The molecular weight excluding hydrogens is 194 g/mol. The second kappa shape index (κ2) is 4.08. The minimum atomic E-state index is -0.952. The van der Waals surface area contributed by atoms with E-state index in [4.69, 9.17) is 10.9 Å². The Bertz CT molecular complexity index is 286. The molecule has 1 fully saturated rings. The van der Waals surface area contributed by atoms with Crippen molar-refractivity contribution in [2.45, 2.75) is 27.2 Å². The number of nitrogens with zero attached hydrogens (tertiary/aromatic N) is 1. The van der Waals surface area contributed by atoms with E-state index in [2.05, 4.69) is 17.4 Å². The van der Waals surface area contributed by atoms with Crippen LogP contribution in [0.15, 0.2) is 5.16 Å². The van der Waals surface area contributed by atoms with Crippen molar-refractivity contribution in [1.82, 2.24) is 5.32 Å². The first-order valence-corrected chi connectivity index (χ1v) is 5.16. The summed E-state index contributed by atoms with van der Waals surface area (Å²) in [4.78, 5) is 11.7. The zero-order chi connectivity index (χ0) is 11.6. The monoisotopic (exact) mass is 213 g/mol. The van der Waals surface area contributed by atoms with E-state index in [-0.39, 0.29) is 11.7 Å². The standard InChI is InChI=1S/C10H19N3O2/c1-6-4-7(6)5-12-9(14)10(2,3)8(11)13-15/h6-7,15H,4-5H2,1-3H3,(H2,11,13)(H,12,14). The van der Waals surface area contributed by atoms with Crippen LogP contribution < -0.4 is 11.1 Å². The predicted octanol–water partition coefficient (Wildman–Crippen LogP) is 0.531. The molecule has 0 saturated heterocycles. The number of nitrogens with two attached hydrogens (primary N) is 1. The Morgan fingerprint density at radius 3 is 2.60 bits per heavy atom. The molecule has 2 unspecified atom stereocenters. The normalized spacial score (nSPS) is 26.2. The fourth-order valence-electron chi connectivity index (χ4n) is 1.37. The summed E-state index contributed by atoms with van der Waals surface area (Å²) in [5.41, 5.74) is 4.49. The fraction of sp³-hybridized carbons (Fsp3) is 0.800. The van der Waals surface area contributed by atoms with E-state index in [1.807, 2.05) is 0 Å². The van der Waals surface area contributed by atoms with Crippen LogP contribution in [-0.2, 0) is 4.79 Å². The van der Waals surface area contributed by atoms with Crippen molar-refractivity contribution in [2.75, 3.05) is 6.54 Å². The number of amides is 1. The zero-order valence-corrected chi connectivity index (χ0v) is 9.45. The van der Waals surface area contributed by atoms with Crippen LogP contribution in [0.2, 0.25) is 0 Å². The number of oxime groups is 1. The molecule has 0 aliphatic heterocycles. The second-order valence-corrected chi connectivity index (χ2v) is 4.79. The van der Waals surface area contributed by atoms with E-state index in [0.29, 0.717) is 18.4 Å². The van der Waals surface area contributed by atoms with Gasteiger partial charge in [0, 0.05) is 6.54 Å². The molecule has 2 atom stereocenters. The molecule has 0 aromatic rings. The number of hydrogen-bond acceptors (Lipinski definition) is 3. The molecule has 86 valence electrons. The molecule has 5 nitrogen and oxygen atoms in total. The fourth-order valence-corrected chi connectivity index (χ4v) is 1.37. The minimum Gasteiger partial charge on any atom is -0.409 e. The lowest BCUT2D eigenvalue weighted by Gasteiger charge is -2.21. The third-order valence-corrected chi connectivity index (χ3v) is 3.12. The molecule has 4 N–H and O–H groups in total. The highest BCUT2D eigenvalue weighted by atomic mass is 16.4. The summed E-state index contributed by atoms with van der Waals surface area (Å²) in [7, 11) is 0. The first-order valence-electron chi connectivity index (χ1n) is 5.16. The Kier molecular flexibility index (Phi) is 3.21. The van der Waals surface area contributed by atoms with Gasteiger partial charge in [0.25, 0.3) is 0 Å². The number of rotatable bonds is 4. The zero-order valence-electron chi connectivity index (χ0n) is 9.45. The average Bonchev–Trinajstić information content (AvgIpc) is 2.89. The van der Waals surface area contributed by atoms with Crippen molar-refractivity contribution in [3.8, 4) is 0 Å². The number of amidine groups is 1. The predicted molar refractivity (Wildman–Crippen MR) is 57.5 cm³/mol. The van der Waals surface area contributed by atoms with E-state index >= 15 is 0 Å². The molecule has 0 heterocycles. The van der Waals surface area contributed by atoms with E-state index in [1.54, 1.807) is 13.8 Å². The quantitative estimate of drug-likeness (QED) is 0.275. The Labute approximate surface area is 89.7 Å². The Balaban J connectivity index is 2.45. The highest BCUT2D eigenvalue weighted by Crippen LogP contribution is 2.36. The van der Waals surface area contributed by atoms with Crippen molar-refractivity contribution in [1.29, 1.82) is 0 Å². The van der Waals surface area contributed by atoms with Crippen LogP contribution in [0.4, 0.5) is 0 Å². The van der Waals surface area contributed by atoms with Crippen LogP contribution in [-0.4, -0.2) is 23.5 Å². The van der Waals surface area contributed by atoms with Gasteiger partial charge in [-0.3, -0.25) is 4.79 Å². The van der Waals surface area contributed by atoms with Crippen molar-refractivity contribution in [2.24, 2.45) is 28.1 Å². The molecule has 0 spiro atoms. The summed E-state index contributed by atoms with van der Waals surface area (Å²) in [6.45, 7) is 6.11. The van der Waals surface area contributed by atoms with Gasteiger partial charge in [0.15, 0.2) is 5.84 Å². The van der Waals surface area contributed by atoms with Gasteiger partial charge in [0.1, 0.15) is 5.41 Å². The molecule has 0 aromatic carbocycles. The number of carbonyl (C=O) groups is 1. The van der Waals surface area contributed by atoms with E-state index in [1.165, 1.54) is 6.42 Å². The highest BCUT2D eigenvalue weighted by Gasteiger charge is 2.36. The van der Waals surface area contributed by atoms with Gasteiger partial charge in [-0.25, -0.2) is 0 Å². The van der Waals surface area contributed by atoms with Gasteiger partial charge >= 0.3 is 0 Å². The van der Waals surface area contributed by atoms with Gasteiger partial charge in [-0.1, -0.05) is 12.1 Å². The minimum absolute atomic E-state index is 0.0659. The maximum absolute atomic E-state index is 11.7. The topological polar surface area (TPSA) is 87.7 Å². The van der Waals surface area contributed by atoms with E-state index in [0.717, 1.165) is 0 Å². The van der Waals surface area contributed by atoms with Gasteiger partial charge in [-0.15, -0.1) is 0 Å². The van der Waals surface area contributed by atoms with Crippen LogP contribution in [0.3, 0.4) is 0 Å². The van der Waals surface area contributed by atoms with Crippen LogP contribution in [0.25, 0.3) is 0 Å². The Hall–Kier alpha value is -1.26. The molecule has 1 rings (SSSR count). The molecule has 0 bridgehead atoms. The molecule has 1 aliphatic rings. The van der Waals surface area contributed by atoms with Crippen molar-refractivity contribution < 1.29 is 10.0 Å². The first-order chi connectivity index (χ1) is 6.89. The van der Waals surface area contributed by atoms with Crippen molar-refractivity contribution in [3.63, 3.8) is 0 Å². The third kappa shape index (κ3) is 2.61. The molecule has 1 saturated carbocycles. The maximum atomic E-state index is 11.7. The first kappa shape index (κ1) is 11.8. The van der Waals surface area contributed by atoms with Gasteiger partial charge in [0.05, 0.1) is 0 Å². The van der Waals surface area contributed by atoms with Gasteiger partial charge in [-0.2, -0.15) is 0 Å². The molecule has 5 heteroatoms. The van der Waals surface area contributed by atoms with Gasteiger partial charge in [0.2, 0.25) is 5.91 Å². The maximum Gasteiger partial charge on any atom is 0.233 e. The summed E-state index contributed by atoms with van der Waals surface area (Å²) in [6, 6.07) is 0.